The number of rotatable bonds is 6. The SMILES string of the molecule is COc1cc2c(Cl)ccnc2cc1OCCCN1CCCC1.Cl. The summed E-state index contributed by atoms with van der Waals surface area (Å²) in [6.07, 6.45) is 5.37. The molecule has 0 unspecified atom stereocenters. The highest BCUT2D eigenvalue weighted by atomic mass is 35.5. The van der Waals surface area contributed by atoms with Crippen molar-refractivity contribution in [1.82, 2.24) is 9.88 Å². The summed E-state index contributed by atoms with van der Waals surface area (Å²) in [7, 11) is 1.64. The molecule has 3 rings (SSSR count). The third-order valence-electron chi connectivity index (χ3n) is 4.05. The molecule has 1 aliphatic rings. The van der Waals surface area contributed by atoms with Crippen LogP contribution in [-0.2, 0) is 0 Å². The number of benzene rings is 1. The zero-order valence-electron chi connectivity index (χ0n) is 13.3. The molecule has 126 valence electrons. The molecule has 1 saturated heterocycles. The Hall–Kier alpha value is -1.23. The molecule has 23 heavy (non-hydrogen) atoms. The first kappa shape index (κ1) is 18.1. The van der Waals surface area contributed by atoms with Gasteiger partial charge in [0.15, 0.2) is 11.5 Å². The molecule has 0 aliphatic carbocycles. The first-order chi connectivity index (χ1) is 10.8. The zero-order chi connectivity index (χ0) is 15.4. The number of halogens is 2. The first-order valence-corrected chi connectivity index (χ1v) is 8.13. The van der Waals surface area contributed by atoms with E-state index in [9.17, 15) is 0 Å². The molecular weight excluding hydrogens is 335 g/mol. The molecule has 0 radical (unpaired) electrons. The van der Waals surface area contributed by atoms with Crippen LogP contribution in [0.2, 0.25) is 5.02 Å². The van der Waals surface area contributed by atoms with Crippen molar-refractivity contribution in [2.75, 3.05) is 33.4 Å². The zero-order valence-corrected chi connectivity index (χ0v) is 14.8. The van der Waals surface area contributed by atoms with Gasteiger partial charge in [-0.1, -0.05) is 11.6 Å². The molecule has 2 aromatic rings. The molecule has 1 aromatic heterocycles. The lowest BCUT2D eigenvalue weighted by Gasteiger charge is -2.15. The lowest BCUT2D eigenvalue weighted by Crippen LogP contribution is -2.21. The van der Waals surface area contributed by atoms with Crippen LogP contribution in [0.5, 0.6) is 11.5 Å². The number of nitrogens with zero attached hydrogens (tertiary/aromatic N) is 2. The molecule has 1 aromatic carbocycles. The average Bonchev–Trinajstić information content (AvgIpc) is 3.04. The predicted octanol–water partition coefficient (Wildman–Crippen LogP) is 4.18. The smallest absolute Gasteiger partial charge is 0.163 e. The van der Waals surface area contributed by atoms with Crippen LogP contribution in [0, 0.1) is 0 Å². The van der Waals surface area contributed by atoms with Crippen molar-refractivity contribution in [3.8, 4) is 11.5 Å². The number of likely N-dealkylation sites (tertiary alicyclic amines) is 1. The van der Waals surface area contributed by atoms with Crippen LogP contribution in [0.3, 0.4) is 0 Å². The largest absolute Gasteiger partial charge is 0.493 e. The second kappa shape index (κ2) is 8.57. The highest BCUT2D eigenvalue weighted by Gasteiger charge is 2.12. The third-order valence-corrected chi connectivity index (χ3v) is 4.38. The number of hydrogen-bond donors (Lipinski definition) is 0. The Morgan fingerprint density at radius 2 is 2.00 bits per heavy atom. The van der Waals surface area contributed by atoms with Gasteiger partial charge in [0.25, 0.3) is 0 Å². The molecule has 0 amide bonds. The van der Waals surface area contributed by atoms with E-state index in [0.29, 0.717) is 17.4 Å². The molecule has 0 N–H and O–H groups in total. The maximum atomic E-state index is 6.20. The predicted molar refractivity (Wildman–Crippen MR) is 96.3 cm³/mol. The number of aromatic nitrogens is 1. The highest BCUT2D eigenvalue weighted by Crippen LogP contribution is 2.34. The van der Waals surface area contributed by atoms with E-state index < -0.39 is 0 Å². The van der Waals surface area contributed by atoms with Crippen LogP contribution in [0.15, 0.2) is 24.4 Å². The summed E-state index contributed by atoms with van der Waals surface area (Å²) in [4.78, 5) is 6.83. The van der Waals surface area contributed by atoms with Gasteiger partial charge in [0.2, 0.25) is 0 Å². The molecule has 1 fully saturated rings. The van der Waals surface area contributed by atoms with Crippen LogP contribution in [0.25, 0.3) is 10.9 Å². The maximum Gasteiger partial charge on any atom is 0.163 e. The molecular formula is C17H22Cl2N2O2. The lowest BCUT2D eigenvalue weighted by atomic mass is 10.2. The van der Waals surface area contributed by atoms with Crippen molar-refractivity contribution in [2.24, 2.45) is 0 Å². The summed E-state index contributed by atoms with van der Waals surface area (Å²) < 4.78 is 11.3. The van der Waals surface area contributed by atoms with Crippen molar-refractivity contribution in [3.05, 3.63) is 29.4 Å². The van der Waals surface area contributed by atoms with Crippen LogP contribution in [-0.4, -0.2) is 43.2 Å². The number of pyridine rings is 1. The Labute approximate surface area is 148 Å². The number of ether oxygens (including phenoxy) is 2. The molecule has 0 spiro atoms. The number of methoxy groups -OCH3 is 1. The summed E-state index contributed by atoms with van der Waals surface area (Å²) in [6.45, 7) is 4.22. The summed E-state index contributed by atoms with van der Waals surface area (Å²) in [5.41, 5.74) is 0.822. The Morgan fingerprint density at radius 1 is 1.22 bits per heavy atom. The topological polar surface area (TPSA) is 34.6 Å². The van der Waals surface area contributed by atoms with Gasteiger partial charge in [-0.3, -0.25) is 4.98 Å². The van der Waals surface area contributed by atoms with Gasteiger partial charge >= 0.3 is 0 Å². The second-order valence-corrected chi connectivity index (χ2v) is 5.97. The van der Waals surface area contributed by atoms with Gasteiger partial charge in [0, 0.05) is 24.2 Å². The fourth-order valence-electron chi connectivity index (χ4n) is 2.87. The van der Waals surface area contributed by atoms with Gasteiger partial charge in [0.1, 0.15) is 0 Å². The summed E-state index contributed by atoms with van der Waals surface area (Å²) in [5.74, 6) is 1.43. The fraction of sp³-hybridized carbons (Fsp3) is 0.471. The normalized spacial score (nSPS) is 14.7. The van der Waals surface area contributed by atoms with E-state index in [2.05, 4.69) is 9.88 Å². The summed E-state index contributed by atoms with van der Waals surface area (Å²) in [5, 5.41) is 1.55. The van der Waals surface area contributed by atoms with Gasteiger partial charge in [-0.25, -0.2) is 0 Å². The van der Waals surface area contributed by atoms with Crippen LogP contribution in [0.4, 0.5) is 0 Å². The number of fused-ring (bicyclic) bond motifs is 1. The fourth-order valence-corrected chi connectivity index (χ4v) is 3.08. The van der Waals surface area contributed by atoms with E-state index in [1.54, 1.807) is 19.4 Å². The standard InChI is InChI=1S/C17H21ClN2O2.ClH/c1-21-16-11-13-14(18)5-6-19-15(13)12-17(16)22-10-4-9-20-7-2-3-8-20;/h5-6,11-12H,2-4,7-10H2,1H3;1H. The van der Waals surface area contributed by atoms with E-state index in [4.69, 9.17) is 21.1 Å². The maximum absolute atomic E-state index is 6.20. The minimum absolute atomic E-state index is 0. The van der Waals surface area contributed by atoms with E-state index in [-0.39, 0.29) is 12.4 Å². The number of hydrogen-bond acceptors (Lipinski definition) is 4. The van der Waals surface area contributed by atoms with Crippen molar-refractivity contribution < 1.29 is 9.47 Å². The van der Waals surface area contributed by atoms with E-state index >= 15 is 0 Å². The molecule has 0 saturated carbocycles. The minimum Gasteiger partial charge on any atom is -0.493 e. The van der Waals surface area contributed by atoms with Gasteiger partial charge < -0.3 is 14.4 Å². The second-order valence-electron chi connectivity index (χ2n) is 5.56. The minimum atomic E-state index is 0. The van der Waals surface area contributed by atoms with Crippen LogP contribution < -0.4 is 9.47 Å². The molecule has 0 bridgehead atoms. The van der Waals surface area contributed by atoms with Gasteiger partial charge in [-0.2, -0.15) is 0 Å². The highest BCUT2D eigenvalue weighted by molar-refractivity contribution is 6.35. The Bertz CT molecular complexity index is 646. The van der Waals surface area contributed by atoms with E-state index in [1.807, 2.05) is 12.1 Å². The molecule has 2 heterocycles. The van der Waals surface area contributed by atoms with Crippen molar-refractivity contribution in [2.45, 2.75) is 19.3 Å². The van der Waals surface area contributed by atoms with E-state index in [1.165, 1.54) is 25.9 Å². The summed E-state index contributed by atoms with van der Waals surface area (Å²) >= 11 is 6.20. The Morgan fingerprint density at radius 3 is 2.74 bits per heavy atom. The van der Waals surface area contributed by atoms with Crippen LogP contribution >= 0.6 is 24.0 Å². The van der Waals surface area contributed by atoms with Gasteiger partial charge in [0.05, 0.1) is 24.3 Å². The molecule has 0 atom stereocenters. The molecule has 1 aliphatic heterocycles. The Balaban J connectivity index is 0.00000192. The van der Waals surface area contributed by atoms with Gasteiger partial charge in [-0.15, -0.1) is 12.4 Å². The average molecular weight is 357 g/mol. The van der Waals surface area contributed by atoms with Crippen molar-refractivity contribution in [3.63, 3.8) is 0 Å². The van der Waals surface area contributed by atoms with Crippen molar-refractivity contribution in [1.29, 1.82) is 0 Å². The summed E-state index contributed by atoms with van der Waals surface area (Å²) in [6, 6.07) is 5.57. The lowest BCUT2D eigenvalue weighted by molar-refractivity contribution is 0.254. The van der Waals surface area contributed by atoms with Crippen LogP contribution in [0.1, 0.15) is 19.3 Å². The van der Waals surface area contributed by atoms with Crippen molar-refractivity contribution >= 4 is 34.9 Å². The quantitative estimate of drug-likeness (QED) is 0.727. The molecule has 4 nitrogen and oxygen atoms in total. The van der Waals surface area contributed by atoms with E-state index in [0.717, 1.165) is 29.6 Å². The first-order valence-electron chi connectivity index (χ1n) is 7.75. The third kappa shape index (κ3) is 4.40. The Kier molecular flexibility index (Phi) is 6.75. The monoisotopic (exact) mass is 356 g/mol. The molecule has 6 heteroatoms. The van der Waals surface area contributed by atoms with Gasteiger partial charge in [-0.05, 0) is 44.5 Å².